The molecule has 0 aromatic carbocycles. The Morgan fingerprint density at radius 2 is 2.18 bits per heavy atom. The summed E-state index contributed by atoms with van der Waals surface area (Å²) in [6.07, 6.45) is 1.37. The zero-order valence-electron chi connectivity index (χ0n) is 7.62. The van der Waals surface area contributed by atoms with Crippen LogP contribution in [0.2, 0.25) is 0 Å². The quantitative estimate of drug-likeness (QED) is 0.278. The summed E-state index contributed by atoms with van der Waals surface area (Å²) in [5, 5.41) is 0. The molecule has 11 heavy (non-hydrogen) atoms. The van der Waals surface area contributed by atoms with E-state index in [1.165, 1.54) is 6.08 Å². The minimum absolute atomic E-state index is 0. The summed E-state index contributed by atoms with van der Waals surface area (Å²) in [5.41, 5.74) is 5.00. The fourth-order valence-electron chi connectivity index (χ4n) is 0.355. The molecule has 0 fully saturated rings. The van der Waals surface area contributed by atoms with Crippen molar-refractivity contribution in [2.75, 3.05) is 18.9 Å². The van der Waals surface area contributed by atoms with Crippen molar-refractivity contribution in [3.8, 4) is 0 Å². The molecule has 4 nitrogen and oxygen atoms in total. The summed E-state index contributed by atoms with van der Waals surface area (Å²) in [6.45, 7) is 3.40. The van der Waals surface area contributed by atoms with Gasteiger partial charge in [-0.3, -0.25) is 4.18 Å². The third kappa shape index (κ3) is 8.52. The SMILES string of the molecule is C=CCOS(=O)(=O)CCN.[H-].[Na+]. The minimum atomic E-state index is -3.39. The first-order chi connectivity index (χ1) is 4.62. The summed E-state index contributed by atoms with van der Waals surface area (Å²) in [4.78, 5) is 0. The zero-order valence-corrected chi connectivity index (χ0v) is 9.43. The maximum Gasteiger partial charge on any atom is 1.00 e. The van der Waals surface area contributed by atoms with Crippen LogP contribution < -0.4 is 35.3 Å². The molecule has 2 N–H and O–H groups in total. The normalized spacial score (nSPS) is 10.3. The molecule has 0 atom stereocenters. The monoisotopic (exact) mass is 189 g/mol. The second-order valence-corrected chi connectivity index (χ2v) is 3.38. The van der Waals surface area contributed by atoms with Crippen LogP contribution in [0.4, 0.5) is 0 Å². The first-order valence-corrected chi connectivity index (χ1v) is 4.38. The van der Waals surface area contributed by atoms with Crippen molar-refractivity contribution in [1.29, 1.82) is 0 Å². The number of rotatable bonds is 5. The van der Waals surface area contributed by atoms with Crippen molar-refractivity contribution in [3.05, 3.63) is 12.7 Å². The molecule has 0 spiro atoms. The van der Waals surface area contributed by atoms with Crippen molar-refractivity contribution in [1.82, 2.24) is 0 Å². The van der Waals surface area contributed by atoms with E-state index in [0.717, 1.165) is 0 Å². The Labute approximate surface area is 90.7 Å². The average Bonchev–Trinajstić information content (AvgIpc) is 1.84. The maximum absolute atomic E-state index is 10.6. The molecule has 0 bridgehead atoms. The van der Waals surface area contributed by atoms with Crippen molar-refractivity contribution >= 4 is 10.1 Å². The Morgan fingerprint density at radius 1 is 1.64 bits per heavy atom. The van der Waals surface area contributed by atoms with E-state index in [-0.39, 0.29) is 49.9 Å². The molecule has 0 unspecified atom stereocenters. The number of nitrogens with two attached hydrogens (primary N) is 1. The fourth-order valence-corrected chi connectivity index (χ4v) is 1.07. The van der Waals surface area contributed by atoms with Crippen molar-refractivity contribution < 1.29 is 43.6 Å². The summed E-state index contributed by atoms with van der Waals surface area (Å²) in [6, 6.07) is 0. The van der Waals surface area contributed by atoms with E-state index in [0.29, 0.717) is 0 Å². The van der Waals surface area contributed by atoms with Crippen LogP contribution in [0.25, 0.3) is 0 Å². The molecule has 0 radical (unpaired) electrons. The van der Waals surface area contributed by atoms with Gasteiger partial charge in [0.05, 0.1) is 12.4 Å². The molecule has 0 aliphatic heterocycles. The molecule has 0 heterocycles. The standard InChI is InChI=1S/C5H11NO3S.Na.H/c1-2-4-9-10(7,8)5-3-6;;/h2H,1,3-6H2;;/q;+1;-1. The molecule has 0 saturated heterocycles. The molecular weight excluding hydrogens is 177 g/mol. The Bertz CT molecular complexity index is 195. The van der Waals surface area contributed by atoms with Crippen LogP contribution >= 0.6 is 0 Å². The minimum Gasteiger partial charge on any atom is -1.00 e. The molecule has 6 heteroatoms. The van der Waals surface area contributed by atoms with Gasteiger partial charge in [-0.05, 0) is 0 Å². The Morgan fingerprint density at radius 3 is 2.55 bits per heavy atom. The molecule has 0 amide bonds. The van der Waals surface area contributed by atoms with Gasteiger partial charge in [-0.25, -0.2) is 0 Å². The Balaban J connectivity index is -0.000000405. The summed E-state index contributed by atoms with van der Waals surface area (Å²) < 4.78 is 25.7. The first kappa shape index (κ1) is 14.2. The number of hydrogen-bond acceptors (Lipinski definition) is 4. The first-order valence-electron chi connectivity index (χ1n) is 2.80. The van der Waals surface area contributed by atoms with Crippen molar-refractivity contribution in [2.24, 2.45) is 5.73 Å². The van der Waals surface area contributed by atoms with Gasteiger partial charge in [0.1, 0.15) is 0 Å². The van der Waals surface area contributed by atoms with E-state index in [1.54, 1.807) is 0 Å². The Kier molecular flexibility index (Phi) is 9.35. The predicted octanol–water partition coefficient (Wildman–Crippen LogP) is -3.41. The van der Waals surface area contributed by atoms with E-state index in [9.17, 15) is 8.42 Å². The van der Waals surface area contributed by atoms with Gasteiger partial charge >= 0.3 is 29.6 Å². The second-order valence-electron chi connectivity index (χ2n) is 1.62. The van der Waals surface area contributed by atoms with Gasteiger partial charge in [0.2, 0.25) is 0 Å². The van der Waals surface area contributed by atoms with Gasteiger partial charge in [0, 0.05) is 6.54 Å². The average molecular weight is 189 g/mol. The molecule has 0 aromatic rings. The number of hydrogen-bond donors (Lipinski definition) is 1. The van der Waals surface area contributed by atoms with Gasteiger partial charge in [0.25, 0.3) is 10.1 Å². The second kappa shape index (κ2) is 7.27. The summed E-state index contributed by atoms with van der Waals surface area (Å²) >= 11 is 0. The third-order valence-electron chi connectivity index (χ3n) is 0.733. The maximum atomic E-state index is 10.6. The van der Waals surface area contributed by atoms with E-state index in [1.807, 2.05) is 0 Å². The predicted molar refractivity (Wildman–Crippen MR) is 40.1 cm³/mol. The van der Waals surface area contributed by atoms with E-state index in [4.69, 9.17) is 5.73 Å². The largest absolute Gasteiger partial charge is 1.00 e. The van der Waals surface area contributed by atoms with E-state index < -0.39 is 10.1 Å². The molecule has 0 saturated carbocycles. The fraction of sp³-hybridized carbons (Fsp3) is 0.600. The Hall–Kier alpha value is 0.610. The third-order valence-corrected chi connectivity index (χ3v) is 1.96. The van der Waals surface area contributed by atoms with Crippen LogP contribution in [-0.2, 0) is 14.3 Å². The van der Waals surface area contributed by atoms with E-state index >= 15 is 0 Å². The topological polar surface area (TPSA) is 69.4 Å². The molecule has 0 aromatic heterocycles. The summed E-state index contributed by atoms with van der Waals surface area (Å²) in [5.74, 6) is -0.138. The molecule has 0 aliphatic carbocycles. The molecular formula is C5H12NNaO3S. The van der Waals surface area contributed by atoms with Gasteiger partial charge in [-0.2, -0.15) is 8.42 Å². The smallest absolute Gasteiger partial charge is 1.00 e. The van der Waals surface area contributed by atoms with Crippen molar-refractivity contribution in [3.63, 3.8) is 0 Å². The van der Waals surface area contributed by atoms with Gasteiger partial charge < -0.3 is 7.16 Å². The van der Waals surface area contributed by atoms with Crippen LogP contribution in [0.15, 0.2) is 12.7 Å². The van der Waals surface area contributed by atoms with Gasteiger partial charge in [0.15, 0.2) is 0 Å². The van der Waals surface area contributed by atoms with Crippen LogP contribution in [-0.4, -0.2) is 27.3 Å². The molecule has 0 rings (SSSR count). The van der Waals surface area contributed by atoms with Gasteiger partial charge in [-0.1, -0.05) is 6.08 Å². The van der Waals surface area contributed by atoms with Crippen molar-refractivity contribution in [2.45, 2.75) is 0 Å². The zero-order chi connectivity index (χ0) is 8.04. The van der Waals surface area contributed by atoms with Crippen LogP contribution in [0, 0.1) is 0 Å². The van der Waals surface area contributed by atoms with Crippen LogP contribution in [0.5, 0.6) is 0 Å². The molecule has 62 valence electrons. The van der Waals surface area contributed by atoms with Crippen LogP contribution in [0.3, 0.4) is 0 Å². The van der Waals surface area contributed by atoms with Crippen LogP contribution in [0.1, 0.15) is 1.43 Å². The molecule has 0 aliphatic rings. The summed E-state index contributed by atoms with van der Waals surface area (Å²) in [7, 11) is -3.39. The van der Waals surface area contributed by atoms with E-state index in [2.05, 4.69) is 10.8 Å². The van der Waals surface area contributed by atoms with Gasteiger partial charge in [-0.15, -0.1) is 6.58 Å².